The van der Waals surface area contributed by atoms with Gasteiger partial charge in [-0.25, -0.2) is 13.4 Å². The zero-order valence-corrected chi connectivity index (χ0v) is 21.1. The lowest BCUT2D eigenvalue weighted by Gasteiger charge is -2.31. The van der Waals surface area contributed by atoms with Crippen molar-refractivity contribution in [1.29, 1.82) is 0 Å². The van der Waals surface area contributed by atoms with Crippen LogP contribution in [0.1, 0.15) is 38.2 Å². The van der Waals surface area contributed by atoms with Gasteiger partial charge in [0, 0.05) is 35.8 Å². The maximum Gasteiger partial charge on any atom is 0.243 e. The van der Waals surface area contributed by atoms with Gasteiger partial charge in [-0.3, -0.25) is 0 Å². The van der Waals surface area contributed by atoms with Gasteiger partial charge in [-0.05, 0) is 74.6 Å². The lowest BCUT2D eigenvalue weighted by atomic mass is 9.90. The zero-order chi connectivity index (χ0) is 25.3. The lowest BCUT2D eigenvalue weighted by Crippen LogP contribution is -2.37. The fourth-order valence-electron chi connectivity index (χ4n) is 4.89. The second-order valence-corrected chi connectivity index (χ2v) is 11.2. The van der Waals surface area contributed by atoms with Crippen molar-refractivity contribution >= 4 is 27.2 Å². The molecule has 1 aliphatic heterocycles. The number of aldehydes is 1. The van der Waals surface area contributed by atoms with E-state index in [-0.39, 0.29) is 23.5 Å². The molecule has 0 N–H and O–H groups in total. The number of fused-ring (bicyclic) bond motifs is 1. The van der Waals surface area contributed by atoms with E-state index in [9.17, 15) is 13.2 Å². The average molecular weight is 508 g/mol. The second-order valence-electron chi connectivity index (χ2n) is 9.29. The summed E-state index contributed by atoms with van der Waals surface area (Å²) < 4.78 is 41.1. The largest absolute Gasteiger partial charge is 0.491 e. The maximum atomic E-state index is 13.2. The highest BCUT2D eigenvalue weighted by Gasteiger charge is 2.31. The minimum absolute atomic E-state index is 0.0253. The number of sulfonamides is 1. The van der Waals surface area contributed by atoms with E-state index >= 15 is 0 Å². The fourth-order valence-corrected chi connectivity index (χ4v) is 6.36. The number of carbonyl (C=O) groups excluding carboxylic acids is 1. The first-order valence-electron chi connectivity index (χ1n) is 12.1. The highest BCUT2D eigenvalue weighted by molar-refractivity contribution is 7.89. The molecule has 8 nitrogen and oxygen atoms in total. The van der Waals surface area contributed by atoms with E-state index in [1.54, 1.807) is 34.8 Å². The molecule has 1 saturated heterocycles. The molecule has 5 rings (SSSR count). The predicted molar refractivity (Wildman–Crippen MR) is 136 cm³/mol. The predicted octanol–water partition coefficient (Wildman–Crippen LogP) is 4.85. The van der Waals surface area contributed by atoms with E-state index in [0.29, 0.717) is 37.6 Å². The molecule has 0 spiro atoms. The number of aromatic nitrogens is 2. The highest BCUT2D eigenvalue weighted by atomic mass is 32.2. The number of hydrogen-bond donors (Lipinski definition) is 0. The van der Waals surface area contributed by atoms with E-state index in [2.05, 4.69) is 4.98 Å². The molecule has 0 amide bonds. The Morgan fingerprint density at radius 2 is 1.89 bits per heavy atom. The van der Waals surface area contributed by atoms with Crippen molar-refractivity contribution in [1.82, 2.24) is 13.9 Å². The summed E-state index contributed by atoms with van der Waals surface area (Å²) in [4.78, 5) is 15.8. The van der Waals surface area contributed by atoms with Gasteiger partial charge < -0.3 is 18.5 Å². The minimum atomic E-state index is -3.58. The molecule has 1 aliphatic rings. The van der Waals surface area contributed by atoms with Gasteiger partial charge in [-0.15, -0.1) is 0 Å². The molecule has 9 heteroatoms. The third-order valence-electron chi connectivity index (χ3n) is 6.59. The molecular formula is C27H29N3O5S. The summed E-state index contributed by atoms with van der Waals surface area (Å²) in [6.07, 6.45) is 7.48. The smallest absolute Gasteiger partial charge is 0.243 e. The Morgan fingerprint density at radius 3 is 2.53 bits per heavy atom. The van der Waals surface area contributed by atoms with Crippen molar-refractivity contribution < 1.29 is 22.4 Å². The number of benzene rings is 2. The van der Waals surface area contributed by atoms with E-state index in [1.165, 1.54) is 6.26 Å². The third kappa shape index (κ3) is 4.68. The van der Waals surface area contributed by atoms with Crippen molar-refractivity contribution in [2.75, 3.05) is 13.1 Å². The first-order chi connectivity index (χ1) is 17.4. The quantitative estimate of drug-likeness (QED) is 0.317. The summed E-state index contributed by atoms with van der Waals surface area (Å²) in [5, 5.41) is 1.06. The highest BCUT2D eigenvalue weighted by Crippen LogP contribution is 2.37. The SMILES string of the molecule is CC(C)Oc1ccc(S(=O)(=O)N2CCC(c3cn(CC=O)c4cc(-c5ncco5)ccc34)CC2)cc1. The van der Waals surface area contributed by atoms with Crippen LogP contribution in [0.4, 0.5) is 0 Å². The van der Waals surface area contributed by atoms with Gasteiger partial charge in [-0.1, -0.05) is 6.07 Å². The van der Waals surface area contributed by atoms with Crippen molar-refractivity contribution in [3.8, 4) is 17.2 Å². The van der Waals surface area contributed by atoms with Gasteiger partial charge in [0.2, 0.25) is 15.9 Å². The summed E-state index contributed by atoms with van der Waals surface area (Å²) in [5.74, 6) is 1.38. The summed E-state index contributed by atoms with van der Waals surface area (Å²) in [6, 6.07) is 12.6. The topological polar surface area (TPSA) is 94.6 Å². The Morgan fingerprint density at radius 1 is 1.14 bits per heavy atom. The van der Waals surface area contributed by atoms with E-state index in [4.69, 9.17) is 9.15 Å². The number of oxazole rings is 1. The van der Waals surface area contributed by atoms with Gasteiger partial charge in [0.25, 0.3) is 0 Å². The molecule has 0 atom stereocenters. The molecule has 0 radical (unpaired) electrons. The Kier molecular flexibility index (Phi) is 6.68. The molecule has 1 fully saturated rings. The van der Waals surface area contributed by atoms with Crippen LogP contribution in [0.2, 0.25) is 0 Å². The first kappa shape index (κ1) is 24.3. The van der Waals surface area contributed by atoms with Crippen molar-refractivity contribution in [2.24, 2.45) is 0 Å². The fraction of sp³-hybridized carbons (Fsp3) is 0.333. The molecule has 0 bridgehead atoms. The number of hydrogen-bond acceptors (Lipinski definition) is 6. The van der Waals surface area contributed by atoms with Crippen LogP contribution in [0, 0.1) is 0 Å². The number of ether oxygens (including phenoxy) is 1. The van der Waals surface area contributed by atoms with E-state index in [0.717, 1.165) is 28.3 Å². The first-order valence-corrected chi connectivity index (χ1v) is 13.5. The van der Waals surface area contributed by atoms with E-state index < -0.39 is 10.0 Å². The Hall–Kier alpha value is -3.43. The number of carbonyl (C=O) groups is 1. The van der Waals surface area contributed by atoms with Crippen LogP contribution in [0.5, 0.6) is 5.75 Å². The third-order valence-corrected chi connectivity index (χ3v) is 8.50. The minimum Gasteiger partial charge on any atom is -0.491 e. The molecule has 0 saturated carbocycles. The molecule has 2 aromatic heterocycles. The van der Waals surface area contributed by atoms with Crippen LogP contribution >= 0.6 is 0 Å². The van der Waals surface area contributed by atoms with Gasteiger partial charge >= 0.3 is 0 Å². The summed E-state index contributed by atoms with van der Waals surface area (Å²) in [7, 11) is -3.58. The molecule has 36 heavy (non-hydrogen) atoms. The van der Waals surface area contributed by atoms with Gasteiger partial charge in [-0.2, -0.15) is 4.31 Å². The maximum absolute atomic E-state index is 13.2. The van der Waals surface area contributed by atoms with Crippen LogP contribution in [-0.2, 0) is 21.4 Å². The molecule has 188 valence electrons. The molecule has 0 aliphatic carbocycles. The van der Waals surface area contributed by atoms with Crippen LogP contribution in [0.15, 0.2) is 70.4 Å². The molecule has 2 aromatic carbocycles. The monoisotopic (exact) mass is 507 g/mol. The van der Waals surface area contributed by atoms with Crippen LogP contribution in [-0.4, -0.2) is 47.8 Å². The lowest BCUT2D eigenvalue weighted by molar-refractivity contribution is -0.108. The molecule has 3 heterocycles. The second kappa shape index (κ2) is 9.91. The molecular weight excluding hydrogens is 478 g/mol. The van der Waals surface area contributed by atoms with Crippen LogP contribution < -0.4 is 4.74 Å². The number of rotatable bonds is 8. The summed E-state index contributed by atoms with van der Waals surface area (Å²) in [6.45, 7) is 4.98. The van der Waals surface area contributed by atoms with Crippen molar-refractivity contribution in [2.45, 2.75) is 50.2 Å². The zero-order valence-electron chi connectivity index (χ0n) is 20.3. The van der Waals surface area contributed by atoms with Crippen molar-refractivity contribution in [3.05, 3.63) is 66.7 Å². The van der Waals surface area contributed by atoms with Gasteiger partial charge in [0.1, 0.15) is 18.3 Å². The van der Waals surface area contributed by atoms with E-state index in [1.807, 2.05) is 42.8 Å². The standard InChI is InChI=1S/C27H29N3O5S/c1-19(2)35-22-4-6-23(7-5-22)36(32,33)30-12-9-20(10-13-30)25-18-29(14-15-31)26-17-21(3-8-24(25)26)27-28-11-16-34-27/h3-8,11,15-20H,9-10,12-14H2,1-2H3. The normalized spacial score (nSPS) is 15.5. The molecule has 0 unspecified atom stereocenters. The Labute approximate surface area is 210 Å². The van der Waals surface area contributed by atoms with Gasteiger partial charge in [0.05, 0.1) is 23.7 Å². The number of piperidine rings is 1. The Balaban J connectivity index is 1.35. The van der Waals surface area contributed by atoms with Crippen molar-refractivity contribution in [3.63, 3.8) is 0 Å². The van der Waals surface area contributed by atoms with Crippen LogP contribution in [0.3, 0.4) is 0 Å². The average Bonchev–Trinajstić information content (AvgIpc) is 3.53. The Bertz CT molecular complexity index is 1450. The molecule has 4 aromatic rings. The summed E-state index contributed by atoms with van der Waals surface area (Å²) >= 11 is 0. The summed E-state index contributed by atoms with van der Waals surface area (Å²) in [5.41, 5.74) is 2.92. The number of nitrogens with zero attached hydrogens (tertiary/aromatic N) is 3. The van der Waals surface area contributed by atoms with Crippen LogP contribution in [0.25, 0.3) is 22.4 Å². The van der Waals surface area contributed by atoms with Gasteiger partial charge in [0.15, 0.2) is 0 Å².